The minimum atomic E-state index is 0.310. The van der Waals surface area contributed by atoms with Crippen LogP contribution in [0.2, 0.25) is 0 Å². The number of anilines is 1. The Morgan fingerprint density at radius 2 is 2.00 bits per heavy atom. The molecule has 2 atom stereocenters. The summed E-state index contributed by atoms with van der Waals surface area (Å²) < 4.78 is 0. The average Bonchev–Trinajstić information content (AvgIpc) is 2.80. The number of nitrogens with zero attached hydrogens (tertiary/aromatic N) is 1. The second-order valence-electron chi connectivity index (χ2n) is 3.49. The monoisotopic (exact) mass is 173 g/mol. The van der Waals surface area contributed by atoms with Crippen LogP contribution in [0.5, 0.6) is 0 Å². The van der Waals surface area contributed by atoms with Crippen molar-refractivity contribution in [2.45, 2.75) is 18.6 Å². The third kappa shape index (κ3) is 1.06. The maximum atomic E-state index is 5.69. The smallest absolute Gasteiger partial charge is 0.106 e. The summed E-state index contributed by atoms with van der Waals surface area (Å²) in [6, 6.07) is 10.7. The molecule has 2 bridgehead atoms. The van der Waals surface area contributed by atoms with Crippen LogP contribution in [0, 0.1) is 0 Å². The van der Waals surface area contributed by atoms with Gasteiger partial charge in [0.25, 0.3) is 0 Å². The van der Waals surface area contributed by atoms with Gasteiger partial charge < -0.3 is 0 Å². The van der Waals surface area contributed by atoms with Gasteiger partial charge in [0.15, 0.2) is 0 Å². The Morgan fingerprint density at radius 1 is 1.15 bits per heavy atom. The van der Waals surface area contributed by atoms with Crippen LogP contribution in [-0.4, -0.2) is 12.1 Å². The van der Waals surface area contributed by atoms with Gasteiger partial charge in [-0.05, 0) is 12.1 Å². The van der Waals surface area contributed by atoms with Crippen molar-refractivity contribution >= 4 is 5.69 Å². The maximum Gasteiger partial charge on any atom is 0.106 e. The summed E-state index contributed by atoms with van der Waals surface area (Å²) in [7, 11) is 0. The Hall–Kier alpha value is -1.28. The summed E-state index contributed by atoms with van der Waals surface area (Å²) in [6.45, 7) is 0. The van der Waals surface area contributed by atoms with E-state index in [1.165, 1.54) is 0 Å². The lowest BCUT2D eigenvalue weighted by Crippen LogP contribution is -2.27. The van der Waals surface area contributed by atoms with E-state index in [-0.39, 0.29) is 0 Å². The quantitative estimate of drug-likeness (QED) is 0.603. The molecule has 2 nitrogen and oxygen atoms in total. The van der Waals surface area contributed by atoms with Gasteiger partial charge >= 0.3 is 0 Å². The van der Waals surface area contributed by atoms with Crippen molar-refractivity contribution in [2.24, 2.45) is 0 Å². The van der Waals surface area contributed by atoms with Crippen LogP contribution in [0.4, 0.5) is 5.69 Å². The van der Waals surface area contributed by atoms with Crippen LogP contribution >= 0.6 is 0 Å². The molecule has 1 aliphatic heterocycles. The third-order valence-electron chi connectivity index (χ3n) is 2.58. The fourth-order valence-corrected chi connectivity index (χ4v) is 1.95. The van der Waals surface area contributed by atoms with Gasteiger partial charge in [-0.25, -0.2) is 5.06 Å². The molecule has 0 spiro atoms. The Morgan fingerprint density at radius 3 is 2.62 bits per heavy atom. The second-order valence-corrected chi connectivity index (χ2v) is 3.49. The Balaban J connectivity index is 1.92. The highest BCUT2D eigenvalue weighted by molar-refractivity contribution is 5.47. The molecule has 1 saturated heterocycles. The lowest BCUT2D eigenvalue weighted by Gasteiger charge is -2.24. The van der Waals surface area contributed by atoms with Gasteiger partial charge in [-0.3, -0.25) is 4.84 Å². The van der Waals surface area contributed by atoms with E-state index in [0.717, 1.165) is 12.1 Å². The van der Waals surface area contributed by atoms with Crippen molar-refractivity contribution in [2.75, 3.05) is 5.06 Å². The molecule has 2 aliphatic rings. The summed E-state index contributed by atoms with van der Waals surface area (Å²) in [4.78, 5) is 5.69. The zero-order chi connectivity index (χ0) is 8.67. The van der Waals surface area contributed by atoms with Gasteiger partial charge in [0.2, 0.25) is 0 Å². The predicted octanol–water partition coefficient (Wildman–Crippen LogP) is 2.14. The molecule has 13 heavy (non-hydrogen) atoms. The molecule has 1 fully saturated rings. The molecule has 0 N–H and O–H groups in total. The van der Waals surface area contributed by atoms with Crippen molar-refractivity contribution in [3.63, 3.8) is 0 Å². The Kier molecular flexibility index (Phi) is 1.43. The summed E-state index contributed by atoms with van der Waals surface area (Å²) in [5.41, 5.74) is 1.15. The summed E-state index contributed by atoms with van der Waals surface area (Å²) in [6.07, 6.45) is 5.78. The largest absolute Gasteiger partial charge is 0.265 e. The molecule has 0 unspecified atom stereocenters. The van der Waals surface area contributed by atoms with E-state index < -0.39 is 0 Å². The molecule has 66 valence electrons. The Labute approximate surface area is 77.4 Å². The molecular formula is C11H11NO. The normalized spacial score (nSPS) is 30.0. The zero-order valence-corrected chi connectivity index (χ0v) is 7.26. The molecule has 1 aromatic carbocycles. The van der Waals surface area contributed by atoms with E-state index in [0.29, 0.717) is 12.1 Å². The van der Waals surface area contributed by atoms with E-state index in [2.05, 4.69) is 24.3 Å². The predicted molar refractivity (Wildman–Crippen MR) is 51.3 cm³/mol. The fraction of sp³-hybridized carbons (Fsp3) is 0.273. The molecular weight excluding hydrogens is 162 g/mol. The van der Waals surface area contributed by atoms with Crippen molar-refractivity contribution in [3.05, 3.63) is 42.5 Å². The van der Waals surface area contributed by atoms with Crippen LogP contribution in [0.3, 0.4) is 0 Å². The van der Waals surface area contributed by atoms with E-state index in [9.17, 15) is 0 Å². The highest BCUT2D eigenvalue weighted by Crippen LogP contribution is 2.33. The second kappa shape index (κ2) is 2.60. The molecule has 1 aromatic rings. The first-order chi connectivity index (χ1) is 6.43. The van der Waals surface area contributed by atoms with Crippen molar-refractivity contribution in [1.82, 2.24) is 0 Å². The van der Waals surface area contributed by atoms with Gasteiger partial charge in [0, 0.05) is 6.42 Å². The maximum absolute atomic E-state index is 5.69. The Bertz CT molecular complexity index is 333. The number of fused-ring (bicyclic) bond motifs is 2. The zero-order valence-electron chi connectivity index (χ0n) is 7.26. The minimum Gasteiger partial charge on any atom is -0.265 e. The number of hydroxylamine groups is 1. The van der Waals surface area contributed by atoms with Gasteiger partial charge in [0.05, 0.1) is 11.7 Å². The molecule has 0 saturated carbocycles. The van der Waals surface area contributed by atoms with Gasteiger partial charge in [-0.1, -0.05) is 30.4 Å². The molecule has 2 heteroatoms. The number of benzene rings is 1. The van der Waals surface area contributed by atoms with Gasteiger partial charge in [-0.15, -0.1) is 0 Å². The minimum absolute atomic E-state index is 0.310. The highest BCUT2D eigenvalue weighted by atomic mass is 16.7. The number of rotatable bonds is 1. The number of hydrogen-bond acceptors (Lipinski definition) is 2. The third-order valence-corrected chi connectivity index (χ3v) is 2.58. The van der Waals surface area contributed by atoms with Gasteiger partial charge in [0.1, 0.15) is 6.10 Å². The van der Waals surface area contributed by atoms with Crippen LogP contribution in [-0.2, 0) is 4.84 Å². The molecule has 1 heterocycles. The van der Waals surface area contributed by atoms with Crippen LogP contribution in [0.25, 0.3) is 0 Å². The fourth-order valence-electron chi connectivity index (χ4n) is 1.95. The van der Waals surface area contributed by atoms with Crippen LogP contribution in [0.15, 0.2) is 42.5 Å². The molecule has 0 aromatic heterocycles. The van der Waals surface area contributed by atoms with E-state index in [1.807, 2.05) is 23.3 Å². The van der Waals surface area contributed by atoms with Crippen molar-refractivity contribution in [1.29, 1.82) is 0 Å². The summed E-state index contributed by atoms with van der Waals surface area (Å²) >= 11 is 0. The van der Waals surface area contributed by atoms with E-state index in [4.69, 9.17) is 4.84 Å². The van der Waals surface area contributed by atoms with E-state index >= 15 is 0 Å². The van der Waals surface area contributed by atoms with Crippen molar-refractivity contribution in [3.8, 4) is 0 Å². The molecule has 0 radical (unpaired) electrons. The molecule has 3 rings (SSSR count). The van der Waals surface area contributed by atoms with Crippen LogP contribution < -0.4 is 5.06 Å². The summed E-state index contributed by atoms with van der Waals surface area (Å²) in [5, 5.41) is 2.00. The lowest BCUT2D eigenvalue weighted by atomic mass is 10.2. The van der Waals surface area contributed by atoms with Crippen molar-refractivity contribution < 1.29 is 4.84 Å². The number of hydrogen-bond donors (Lipinski definition) is 0. The van der Waals surface area contributed by atoms with E-state index in [1.54, 1.807) is 0 Å². The molecule has 1 aliphatic carbocycles. The first kappa shape index (κ1) is 7.15. The SMILES string of the molecule is C1=C[C@H]2C[C@@H]1N(c1ccccc1)O2. The first-order valence-corrected chi connectivity index (χ1v) is 4.63. The lowest BCUT2D eigenvalue weighted by molar-refractivity contribution is 0.110. The first-order valence-electron chi connectivity index (χ1n) is 4.63. The number of para-hydroxylation sites is 1. The highest BCUT2D eigenvalue weighted by Gasteiger charge is 2.35. The molecule has 0 amide bonds. The average molecular weight is 173 g/mol. The van der Waals surface area contributed by atoms with Gasteiger partial charge in [-0.2, -0.15) is 0 Å². The summed E-state index contributed by atoms with van der Waals surface area (Å²) in [5.74, 6) is 0. The standard InChI is InChI=1S/C11H11NO/c1-2-4-9(5-3-1)12-10-6-7-11(8-10)13-12/h1-7,10-11H,8H2/t10-,11+/m1/s1. The topological polar surface area (TPSA) is 12.5 Å². The van der Waals surface area contributed by atoms with Crippen LogP contribution in [0.1, 0.15) is 6.42 Å².